The van der Waals surface area contributed by atoms with Crippen molar-refractivity contribution in [1.29, 1.82) is 0 Å². The molecule has 1 N–H and O–H groups in total. The average Bonchev–Trinajstić information content (AvgIpc) is 3.05. The maximum Gasteiger partial charge on any atom is 0.110 e. The Bertz CT molecular complexity index is 526. The number of hydrogen-bond acceptors (Lipinski definition) is 3. The molecular weight excluding hydrogens is 264 g/mol. The Labute approximate surface area is 125 Å². The summed E-state index contributed by atoms with van der Waals surface area (Å²) in [7, 11) is 0. The zero-order valence-corrected chi connectivity index (χ0v) is 12.9. The lowest BCUT2D eigenvalue weighted by Gasteiger charge is -2.15. The number of aryl methyl sites for hydroxylation is 3. The molecule has 1 aliphatic carbocycles. The van der Waals surface area contributed by atoms with Crippen LogP contribution in [0.25, 0.3) is 0 Å². The van der Waals surface area contributed by atoms with E-state index in [1.165, 1.54) is 40.4 Å². The minimum absolute atomic E-state index is 0.413. The fraction of sp³-hybridized carbons (Fsp3) is 0.471. The highest BCUT2D eigenvalue weighted by Gasteiger charge is 2.21. The summed E-state index contributed by atoms with van der Waals surface area (Å²) in [6.45, 7) is 3.18. The first-order valence-corrected chi connectivity index (χ1v) is 8.44. The van der Waals surface area contributed by atoms with Gasteiger partial charge in [0.05, 0.1) is 11.7 Å². The molecule has 0 bridgehead atoms. The van der Waals surface area contributed by atoms with E-state index in [1.54, 1.807) is 0 Å². The van der Waals surface area contributed by atoms with Crippen LogP contribution in [0, 0.1) is 0 Å². The number of nitrogens with one attached hydrogen (secondary N) is 1. The van der Waals surface area contributed by atoms with Crippen LogP contribution in [0.15, 0.2) is 30.3 Å². The molecule has 2 aromatic rings. The Morgan fingerprint density at radius 1 is 1.25 bits per heavy atom. The van der Waals surface area contributed by atoms with Crippen LogP contribution in [0.3, 0.4) is 0 Å². The summed E-state index contributed by atoms with van der Waals surface area (Å²) in [5.74, 6) is 0. The highest BCUT2D eigenvalue weighted by atomic mass is 32.1. The van der Waals surface area contributed by atoms with Crippen molar-refractivity contribution in [2.24, 2.45) is 0 Å². The molecule has 0 fully saturated rings. The van der Waals surface area contributed by atoms with Crippen LogP contribution < -0.4 is 5.32 Å². The number of nitrogens with zero attached hydrogens (tertiary/aromatic N) is 1. The molecule has 0 saturated carbocycles. The number of thiazole rings is 1. The van der Waals surface area contributed by atoms with Crippen molar-refractivity contribution in [2.45, 2.75) is 45.1 Å². The Balaban J connectivity index is 1.68. The van der Waals surface area contributed by atoms with Crippen LogP contribution in [0.1, 0.15) is 46.9 Å². The van der Waals surface area contributed by atoms with E-state index in [1.807, 2.05) is 11.3 Å². The molecule has 0 amide bonds. The van der Waals surface area contributed by atoms with Gasteiger partial charge in [0.25, 0.3) is 0 Å². The van der Waals surface area contributed by atoms with Crippen LogP contribution >= 0.6 is 11.3 Å². The van der Waals surface area contributed by atoms with E-state index >= 15 is 0 Å². The van der Waals surface area contributed by atoms with E-state index in [0.29, 0.717) is 6.04 Å². The van der Waals surface area contributed by atoms with Gasteiger partial charge in [0, 0.05) is 4.88 Å². The zero-order valence-electron chi connectivity index (χ0n) is 12.1. The average molecular weight is 286 g/mol. The first-order valence-electron chi connectivity index (χ1n) is 7.62. The molecule has 1 aromatic carbocycles. The van der Waals surface area contributed by atoms with Gasteiger partial charge in [-0.3, -0.25) is 0 Å². The van der Waals surface area contributed by atoms with E-state index < -0.39 is 0 Å². The maximum absolute atomic E-state index is 4.88. The molecular formula is C17H22N2S. The standard InChI is InChI=1S/C17H22N2S/c1-2-18-15(12-11-13-7-4-3-5-8-13)17-19-14-9-6-10-16(14)20-17/h3-5,7-8,15,18H,2,6,9-12H2,1H3. The fourth-order valence-corrected chi connectivity index (χ4v) is 4.14. The van der Waals surface area contributed by atoms with Crippen molar-refractivity contribution in [3.05, 3.63) is 51.5 Å². The van der Waals surface area contributed by atoms with Gasteiger partial charge in [-0.15, -0.1) is 11.3 Å². The van der Waals surface area contributed by atoms with Crippen molar-refractivity contribution in [3.63, 3.8) is 0 Å². The van der Waals surface area contributed by atoms with E-state index in [2.05, 4.69) is 42.6 Å². The van der Waals surface area contributed by atoms with E-state index in [-0.39, 0.29) is 0 Å². The monoisotopic (exact) mass is 286 g/mol. The molecule has 1 heterocycles. The number of aromatic nitrogens is 1. The van der Waals surface area contributed by atoms with Crippen LogP contribution in [-0.4, -0.2) is 11.5 Å². The van der Waals surface area contributed by atoms with Gasteiger partial charge in [0.2, 0.25) is 0 Å². The Morgan fingerprint density at radius 2 is 2.10 bits per heavy atom. The molecule has 0 aliphatic heterocycles. The second-order valence-electron chi connectivity index (χ2n) is 5.41. The topological polar surface area (TPSA) is 24.9 Å². The number of fused-ring (bicyclic) bond motifs is 1. The van der Waals surface area contributed by atoms with Crippen molar-refractivity contribution in [2.75, 3.05) is 6.54 Å². The quantitative estimate of drug-likeness (QED) is 0.870. The summed E-state index contributed by atoms with van der Waals surface area (Å²) in [5.41, 5.74) is 2.78. The van der Waals surface area contributed by atoms with Crippen molar-refractivity contribution < 1.29 is 0 Å². The molecule has 106 valence electrons. The summed E-state index contributed by atoms with van der Waals surface area (Å²) in [6.07, 6.45) is 5.96. The third kappa shape index (κ3) is 3.10. The van der Waals surface area contributed by atoms with Crippen molar-refractivity contribution >= 4 is 11.3 Å². The van der Waals surface area contributed by atoms with Crippen LogP contribution in [0.5, 0.6) is 0 Å². The van der Waals surface area contributed by atoms with Gasteiger partial charge in [-0.25, -0.2) is 4.98 Å². The summed E-state index contributed by atoms with van der Waals surface area (Å²) in [6, 6.07) is 11.2. The maximum atomic E-state index is 4.88. The van der Waals surface area contributed by atoms with Crippen LogP contribution in [0.4, 0.5) is 0 Å². The van der Waals surface area contributed by atoms with Gasteiger partial charge in [-0.05, 0) is 44.2 Å². The van der Waals surface area contributed by atoms with E-state index in [9.17, 15) is 0 Å². The van der Waals surface area contributed by atoms with Gasteiger partial charge in [0.15, 0.2) is 0 Å². The van der Waals surface area contributed by atoms with Crippen molar-refractivity contribution in [1.82, 2.24) is 10.3 Å². The first-order chi connectivity index (χ1) is 9.86. The van der Waals surface area contributed by atoms with Gasteiger partial charge in [-0.1, -0.05) is 37.3 Å². The van der Waals surface area contributed by atoms with Crippen molar-refractivity contribution in [3.8, 4) is 0 Å². The molecule has 0 saturated heterocycles. The summed E-state index contributed by atoms with van der Waals surface area (Å²) in [5, 5.41) is 4.90. The smallest absolute Gasteiger partial charge is 0.110 e. The molecule has 20 heavy (non-hydrogen) atoms. The Hall–Kier alpha value is -1.19. The zero-order chi connectivity index (χ0) is 13.8. The number of benzene rings is 1. The molecule has 1 atom stereocenters. The third-order valence-electron chi connectivity index (χ3n) is 3.93. The molecule has 3 heteroatoms. The predicted octanol–water partition coefficient (Wildman–Crippen LogP) is 3.92. The highest BCUT2D eigenvalue weighted by molar-refractivity contribution is 7.11. The van der Waals surface area contributed by atoms with Gasteiger partial charge in [0.1, 0.15) is 5.01 Å². The van der Waals surface area contributed by atoms with E-state index in [4.69, 9.17) is 4.98 Å². The van der Waals surface area contributed by atoms with Gasteiger partial charge < -0.3 is 5.32 Å². The fourth-order valence-electron chi connectivity index (χ4n) is 2.87. The van der Waals surface area contributed by atoms with Crippen LogP contribution in [-0.2, 0) is 19.3 Å². The molecule has 2 nitrogen and oxygen atoms in total. The third-order valence-corrected chi connectivity index (χ3v) is 5.20. The lowest BCUT2D eigenvalue weighted by Crippen LogP contribution is -2.21. The minimum Gasteiger partial charge on any atom is -0.308 e. The summed E-state index contributed by atoms with van der Waals surface area (Å²) in [4.78, 5) is 6.41. The molecule has 1 aromatic heterocycles. The van der Waals surface area contributed by atoms with E-state index in [0.717, 1.165) is 19.4 Å². The number of rotatable bonds is 6. The Kier molecular flexibility index (Phi) is 4.48. The lowest BCUT2D eigenvalue weighted by molar-refractivity contribution is 0.512. The normalized spacial score (nSPS) is 15.2. The second-order valence-corrected chi connectivity index (χ2v) is 6.53. The molecule has 0 spiro atoms. The minimum atomic E-state index is 0.413. The molecule has 3 rings (SSSR count). The molecule has 1 aliphatic rings. The van der Waals surface area contributed by atoms with Crippen LogP contribution in [0.2, 0.25) is 0 Å². The summed E-state index contributed by atoms with van der Waals surface area (Å²) >= 11 is 1.93. The largest absolute Gasteiger partial charge is 0.308 e. The number of hydrogen-bond donors (Lipinski definition) is 1. The SMILES string of the molecule is CCNC(CCc1ccccc1)c1nc2c(s1)CCC2. The highest BCUT2D eigenvalue weighted by Crippen LogP contribution is 2.32. The first kappa shape index (κ1) is 13.8. The molecule has 1 unspecified atom stereocenters. The molecule has 0 radical (unpaired) electrons. The Morgan fingerprint density at radius 3 is 2.85 bits per heavy atom. The van der Waals surface area contributed by atoms with Gasteiger partial charge in [-0.2, -0.15) is 0 Å². The second kappa shape index (κ2) is 6.51. The summed E-state index contributed by atoms with van der Waals surface area (Å²) < 4.78 is 0. The lowest BCUT2D eigenvalue weighted by atomic mass is 10.1. The predicted molar refractivity (Wildman–Crippen MR) is 85.3 cm³/mol. The van der Waals surface area contributed by atoms with Gasteiger partial charge >= 0.3 is 0 Å².